The van der Waals surface area contributed by atoms with Crippen molar-refractivity contribution < 1.29 is 4.74 Å². The summed E-state index contributed by atoms with van der Waals surface area (Å²) in [5.74, 6) is 0.820. The zero-order valence-corrected chi connectivity index (χ0v) is 17.6. The SMILES string of the molecule is COC1CC(C2c3ccc(Cl)cc3CCc3cc(Br)cnc32)CCN1C. The van der Waals surface area contributed by atoms with Gasteiger partial charge in [-0.15, -0.1) is 0 Å². The maximum atomic E-state index is 6.31. The van der Waals surface area contributed by atoms with Gasteiger partial charge in [-0.3, -0.25) is 9.88 Å². The molecular weight excluding hydrogens is 412 g/mol. The number of hydrogen-bond acceptors (Lipinski definition) is 3. The van der Waals surface area contributed by atoms with E-state index >= 15 is 0 Å². The Morgan fingerprint density at radius 1 is 1.23 bits per heavy atom. The van der Waals surface area contributed by atoms with Crippen molar-refractivity contribution in [2.75, 3.05) is 20.7 Å². The number of ether oxygens (including phenoxy) is 1. The van der Waals surface area contributed by atoms with E-state index in [2.05, 4.69) is 46.1 Å². The molecule has 1 aromatic carbocycles. The first-order chi connectivity index (χ1) is 12.6. The van der Waals surface area contributed by atoms with Crippen LogP contribution in [0.15, 0.2) is 34.9 Å². The number of fused-ring (bicyclic) bond motifs is 2. The lowest BCUT2D eigenvalue weighted by Gasteiger charge is -2.39. The average Bonchev–Trinajstić information content (AvgIpc) is 2.78. The molecule has 0 saturated carbocycles. The summed E-state index contributed by atoms with van der Waals surface area (Å²) >= 11 is 9.91. The van der Waals surface area contributed by atoms with E-state index in [4.69, 9.17) is 21.3 Å². The molecule has 3 unspecified atom stereocenters. The minimum absolute atomic E-state index is 0.173. The molecule has 1 aliphatic carbocycles. The molecule has 0 amide bonds. The van der Waals surface area contributed by atoms with Crippen LogP contribution in [-0.4, -0.2) is 36.8 Å². The molecule has 2 aromatic rings. The van der Waals surface area contributed by atoms with E-state index < -0.39 is 0 Å². The Kier molecular flexibility index (Phi) is 5.38. The maximum absolute atomic E-state index is 6.31. The van der Waals surface area contributed by atoms with Crippen LogP contribution in [-0.2, 0) is 17.6 Å². The predicted octanol–water partition coefficient (Wildman–Crippen LogP) is 5.04. The van der Waals surface area contributed by atoms with Gasteiger partial charge in [0, 0.05) is 35.3 Å². The van der Waals surface area contributed by atoms with E-state index in [1.807, 2.05) is 19.4 Å². The molecule has 2 aliphatic rings. The molecule has 1 aromatic heterocycles. The topological polar surface area (TPSA) is 25.4 Å². The lowest BCUT2D eigenvalue weighted by molar-refractivity contribution is -0.0594. The molecule has 0 bridgehead atoms. The number of aryl methyl sites for hydroxylation is 2. The lowest BCUT2D eigenvalue weighted by Crippen LogP contribution is -2.42. The summed E-state index contributed by atoms with van der Waals surface area (Å²) in [6.07, 6.45) is 6.31. The van der Waals surface area contributed by atoms with Crippen molar-refractivity contribution in [2.45, 2.75) is 37.8 Å². The van der Waals surface area contributed by atoms with E-state index in [1.54, 1.807) is 0 Å². The summed E-state index contributed by atoms with van der Waals surface area (Å²) in [5, 5.41) is 0.820. The van der Waals surface area contributed by atoms with Gasteiger partial charge in [0.05, 0.1) is 5.69 Å². The standard InChI is InChI=1S/C21H24BrClN2O/c1-25-8-7-14(11-19(25)26-2)20-18-6-5-17(23)10-13(18)3-4-15-9-16(22)12-24-21(15)20/h5-6,9-10,12,14,19-20H,3-4,7-8,11H2,1-2H3. The minimum atomic E-state index is 0.173. The molecule has 1 saturated heterocycles. The molecule has 138 valence electrons. The normalized spacial score (nSPS) is 26.1. The number of likely N-dealkylation sites (tertiary alicyclic amines) is 1. The summed E-state index contributed by atoms with van der Waals surface area (Å²) in [6.45, 7) is 1.05. The molecule has 0 N–H and O–H groups in total. The van der Waals surface area contributed by atoms with Crippen molar-refractivity contribution in [1.29, 1.82) is 0 Å². The van der Waals surface area contributed by atoms with Gasteiger partial charge < -0.3 is 4.74 Å². The first kappa shape index (κ1) is 18.4. The van der Waals surface area contributed by atoms with E-state index in [0.29, 0.717) is 11.8 Å². The first-order valence-electron chi connectivity index (χ1n) is 9.22. The van der Waals surface area contributed by atoms with E-state index in [9.17, 15) is 0 Å². The van der Waals surface area contributed by atoms with Crippen LogP contribution in [0.4, 0.5) is 0 Å². The van der Waals surface area contributed by atoms with E-state index in [-0.39, 0.29) is 6.23 Å². The summed E-state index contributed by atoms with van der Waals surface area (Å²) in [4.78, 5) is 7.20. The number of rotatable bonds is 2. The van der Waals surface area contributed by atoms with E-state index in [0.717, 1.165) is 41.7 Å². The van der Waals surface area contributed by atoms with Crippen LogP contribution in [0.25, 0.3) is 0 Å². The fraction of sp³-hybridized carbons (Fsp3) is 0.476. The molecular formula is C21H24BrClN2O. The maximum Gasteiger partial charge on any atom is 0.110 e. The predicted molar refractivity (Wildman–Crippen MR) is 109 cm³/mol. The summed E-state index contributed by atoms with van der Waals surface area (Å²) in [5.41, 5.74) is 5.35. The molecule has 1 aliphatic heterocycles. The van der Waals surface area contributed by atoms with Gasteiger partial charge in [0.25, 0.3) is 0 Å². The third-order valence-corrected chi connectivity index (χ3v) is 6.63. The second-order valence-electron chi connectivity index (χ2n) is 7.47. The highest BCUT2D eigenvalue weighted by molar-refractivity contribution is 9.10. The van der Waals surface area contributed by atoms with Crippen molar-refractivity contribution in [1.82, 2.24) is 9.88 Å². The summed E-state index contributed by atoms with van der Waals surface area (Å²) in [7, 11) is 3.96. The highest BCUT2D eigenvalue weighted by atomic mass is 79.9. The smallest absolute Gasteiger partial charge is 0.110 e. The Labute approximate surface area is 168 Å². The van der Waals surface area contributed by atoms with Crippen molar-refractivity contribution in [2.24, 2.45) is 5.92 Å². The molecule has 26 heavy (non-hydrogen) atoms. The van der Waals surface area contributed by atoms with Crippen LogP contribution in [0.3, 0.4) is 0 Å². The molecule has 0 radical (unpaired) electrons. The van der Waals surface area contributed by atoms with Gasteiger partial charge in [-0.1, -0.05) is 17.7 Å². The summed E-state index contributed by atoms with van der Waals surface area (Å²) < 4.78 is 6.80. The molecule has 1 fully saturated rings. The number of benzene rings is 1. The van der Waals surface area contributed by atoms with Gasteiger partial charge >= 0.3 is 0 Å². The van der Waals surface area contributed by atoms with Gasteiger partial charge in [-0.25, -0.2) is 0 Å². The second-order valence-corrected chi connectivity index (χ2v) is 8.83. The van der Waals surface area contributed by atoms with Gasteiger partial charge in [-0.2, -0.15) is 0 Å². The molecule has 0 spiro atoms. The third-order valence-electron chi connectivity index (χ3n) is 5.96. The molecule has 2 heterocycles. The third kappa shape index (κ3) is 3.45. The van der Waals surface area contributed by atoms with Crippen LogP contribution in [0.2, 0.25) is 5.02 Å². The quantitative estimate of drug-likeness (QED) is 0.660. The average molecular weight is 436 g/mol. The Balaban J connectivity index is 1.81. The van der Waals surface area contributed by atoms with Crippen LogP contribution < -0.4 is 0 Å². The number of piperidine rings is 1. The highest BCUT2D eigenvalue weighted by Gasteiger charge is 2.36. The van der Waals surface area contributed by atoms with Crippen molar-refractivity contribution in [3.8, 4) is 0 Å². The molecule has 3 atom stereocenters. The van der Waals surface area contributed by atoms with Gasteiger partial charge in [0.1, 0.15) is 6.23 Å². The molecule has 5 heteroatoms. The zero-order chi connectivity index (χ0) is 18.3. The fourth-order valence-corrected chi connectivity index (χ4v) is 5.18. The Hall–Kier alpha value is -0.940. The van der Waals surface area contributed by atoms with Gasteiger partial charge in [-0.05, 0) is 89.5 Å². The largest absolute Gasteiger partial charge is 0.366 e. The monoisotopic (exact) mass is 434 g/mol. The molecule has 4 rings (SSSR count). The Morgan fingerprint density at radius 3 is 2.85 bits per heavy atom. The second kappa shape index (κ2) is 7.59. The van der Waals surface area contributed by atoms with Crippen LogP contribution >= 0.6 is 27.5 Å². The van der Waals surface area contributed by atoms with Crippen LogP contribution in [0.5, 0.6) is 0 Å². The van der Waals surface area contributed by atoms with Crippen LogP contribution in [0.1, 0.15) is 41.1 Å². The number of aromatic nitrogens is 1. The van der Waals surface area contributed by atoms with Crippen molar-refractivity contribution >= 4 is 27.5 Å². The Bertz CT molecular complexity index is 759. The van der Waals surface area contributed by atoms with E-state index in [1.165, 1.54) is 22.4 Å². The fourth-order valence-electron chi connectivity index (χ4n) is 4.61. The number of pyridine rings is 1. The first-order valence-corrected chi connectivity index (χ1v) is 10.4. The number of nitrogens with zero attached hydrogens (tertiary/aromatic N) is 2. The number of methoxy groups -OCH3 is 1. The Morgan fingerprint density at radius 2 is 2.04 bits per heavy atom. The number of halogens is 2. The van der Waals surface area contributed by atoms with Gasteiger partial charge in [0.2, 0.25) is 0 Å². The lowest BCUT2D eigenvalue weighted by atomic mass is 9.76. The van der Waals surface area contributed by atoms with Crippen molar-refractivity contribution in [3.63, 3.8) is 0 Å². The van der Waals surface area contributed by atoms with Crippen molar-refractivity contribution in [3.05, 3.63) is 62.3 Å². The summed E-state index contributed by atoms with van der Waals surface area (Å²) in [6, 6.07) is 8.64. The zero-order valence-electron chi connectivity index (χ0n) is 15.2. The molecule has 3 nitrogen and oxygen atoms in total. The van der Waals surface area contributed by atoms with Crippen LogP contribution in [0, 0.1) is 5.92 Å². The minimum Gasteiger partial charge on any atom is -0.366 e. The number of hydrogen-bond donors (Lipinski definition) is 0. The highest BCUT2D eigenvalue weighted by Crippen LogP contribution is 2.44. The van der Waals surface area contributed by atoms with Gasteiger partial charge in [0.15, 0.2) is 0 Å².